The first kappa shape index (κ1) is 11.5. The summed E-state index contributed by atoms with van der Waals surface area (Å²) in [6.45, 7) is 3.81. The number of aryl methyl sites for hydroxylation is 1. The van der Waals surface area contributed by atoms with Crippen molar-refractivity contribution in [3.05, 3.63) is 23.8 Å². The van der Waals surface area contributed by atoms with E-state index in [1.165, 1.54) is 4.90 Å². The average molecular weight is 230 g/mol. The quantitative estimate of drug-likeness (QED) is 0.729. The van der Waals surface area contributed by atoms with Gasteiger partial charge in [0.05, 0.1) is 11.8 Å². The molecule has 1 unspecified atom stereocenters. The maximum absolute atomic E-state index is 11.9. The largest absolute Gasteiger partial charge is 0.479 e. The van der Waals surface area contributed by atoms with Gasteiger partial charge in [0.25, 0.3) is 5.91 Å². The second-order valence-electron chi connectivity index (χ2n) is 4.00. The Morgan fingerprint density at radius 1 is 1.53 bits per heavy atom. The topological polar surface area (TPSA) is 53.3 Å². The monoisotopic (exact) mass is 230 g/mol. The van der Waals surface area contributed by atoms with Crippen molar-refractivity contribution < 1.29 is 9.53 Å². The molecule has 0 fully saturated rings. The highest BCUT2D eigenvalue weighted by atomic mass is 16.5. The van der Waals surface area contributed by atoms with E-state index in [2.05, 4.69) is 0 Å². The number of nitriles is 1. The van der Waals surface area contributed by atoms with E-state index in [4.69, 9.17) is 10.00 Å². The smallest absolute Gasteiger partial charge is 0.268 e. The van der Waals surface area contributed by atoms with E-state index in [0.29, 0.717) is 11.4 Å². The molecule has 0 bridgehead atoms. The Morgan fingerprint density at radius 2 is 2.29 bits per heavy atom. The molecule has 1 atom stereocenters. The first-order valence-electron chi connectivity index (χ1n) is 5.65. The lowest BCUT2D eigenvalue weighted by molar-refractivity contribution is -0.125. The molecule has 1 aliphatic rings. The van der Waals surface area contributed by atoms with E-state index in [1.807, 2.05) is 31.2 Å². The van der Waals surface area contributed by atoms with Crippen molar-refractivity contribution in [3.63, 3.8) is 0 Å². The number of ether oxygens (including phenoxy) is 1. The molecule has 4 nitrogen and oxygen atoms in total. The number of nitrogens with zero attached hydrogens (tertiary/aromatic N) is 2. The number of rotatable bonds is 2. The molecule has 1 aromatic rings. The van der Waals surface area contributed by atoms with Crippen LogP contribution in [-0.2, 0) is 11.2 Å². The molecule has 4 heteroatoms. The molecule has 1 aliphatic heterocycles. The van der Waals surface area contributed by atoms with Crippen molar-refractivity contribution in [1.82, 2.24) is 0 Å². The molecule has 2 rings (SSSR count). The third-order valence-electron chi connectivity index (χ3n) is 2.87. The predicted molar refractivity (Wildman–Crippen MR) is 63.9 cm³/mol. The van der Waals surface area contributed by atoms with Crippen LogP contribution in [0.5, 0.6) is 5.75 Å². The fraction of sp³-hybridized carbons (Fsp3) is 0.385. The van der Waals surface area contributed by atoms with Crippen LogP contribution in [0.3, 0.4) is 0 Å². The van der Waals surface area contributed by atoms with E-state index < -0.39 is 6.10 Å². The van der Waals surface area contributed by atoms with Crippen molar-refractivity contribution in [2.75, 3.05) is 11.4 Å². The predicted octanol–water partition coefficient (Wildman–Crippen LogP) is 1.89. The maximum atomic E-state index is 11.9. The zero-order chi connectivity index (χ0) is 12.4. The summed E-state index contributed by atoms with van der Waals surface area (Å²) in [6.07, 6.45) is 0.362. The van der Waals surface area contributed by atoms with Crippen LogP contribution in [0.15, 0.2) is 18.2 Å². The number of hydrogen-bond acceptors (Lipinski definition) is 3. The molecule has 0 aromatic heterocycles. The van der Waals surface area contributed by atoms with Crippen LogP contribution in [0.25, 0.3) is 0 Å². The van der Waals surface area contributed by atoms with Crippen molar-refractivity contribution in [1.29, 1.82) is 5.26 Å². The lowest BCUT2D eigenvalue weighted by Crippen LogP contribution is -2.44. The van der Waals surface area contributed by atoms with Crippen molar-refractivity contribution in [3.8, 4) is 11.8 Å². The van der Waals surface area contributed by atoms with Gasteiger partial charge < -0.3 is 4.74 Å². The van der Waals surface area contributed by atoms with Crippen molar-refractivity contribution in [2.45, 2.75) is 26.4 Å². The van der Waals surface area contributed by atoms with Crippen LogP contribution in [0.4, 0.5) is 5.69 Å². The van der Waals surface area contributed by atoms with Crippen LogP contribution in [0, 0.1) is 11.3 Å². The molecule has 0 saturated heterocycles. The summed E-state index contributed by atoms with van der Waals surface area (Å²) in [4.78, 5) is 13.4. The van der Waals surface area contributed by atoms with Gasteiger partial charge in [0, 0.05) is 0 Å². The van der Waals surface area contributed by atoms with Crippen molar-refractivity contribution in [2.24, 2.45) is 0 Å². The third kappa shape index (κ3) is 1.96. The van der Waals surface area contributed by atoms with Gasteiger partial charge in [0.15, 0.2) is 6.10 Å². The normalized spacial score (nSPS) is 18.3. The molecule has 1 amide bonds. The minimum Gasteiger partial charge on any atom is -0.479 e. The molecular formula is C13H14N2O2. The highest BCUT2D eigenvalue weighted by Crippen LogP contribution is 2.34. The van der Waals surface area contributed by atoms with Crippen LogP contribution < -0.4 is 9.64 Å². The second-order valence-corrected chi connectivity index (χ2v) is 4.00. The molecule has 0 saturated carbocycles. The first-order valence-corrected chi connectivity index (χ1v) is 5.65. The molecule has 0 N–H and O–H groups in total. The molecule has 1 aromatic carbocycles. The Labute approximate surface area is 100 Å². The Bertz CT molecular complexity index is 491. The first-order chi connectivity index (χ1) is 8.17. The molecule has 0 spiro atoms. The minimum atomic E-state index is -0.525. The van der Waals surface area contributed by atoms with E-state index in [0.717, 1.165) is 12.0 Å². The van der Waals surface area contributed by atoms with Gasteiger partial charge in [0.2, 0.25) is 0 Å². The Hall–Kier alpha value is -2.02. The zero-order valence-electron chi connectivity index (χ0n) is 9.93. The Kier molecular flexibility index (Phi) is 3.01. The molecule has 1 heterocycles. The summed E-state index contributed by atoms with van der Waals surface area (Å²) in [7, 11) is 0. The summed E-state index contributed by atoms with van der Waals surface area (Å²) in [5.74, 6) is 0.511. The molecule has 17 heavy (non-hydrogen) atoms. The number of hydrogen-bond donors (Lipinski definition) is 0. The zero-order valence-corrected chi connectivity index (χ0v) is 9.93. The lowest BCUT2D eigenvalue weighted by Gasteiger charge is -2.31. The summed E-state index contributed by atoms with van der Waals surface area (Å²) in [6, 6.07) is 7.77. The van der Waals surface area contributed by atoms with Crippen LogP contribution in [0.1, 0.15) is 19.4 Å². The van der Waals surface area contributed by atoms with Gasteiger partial charge in [-0.25, -0.2) is 0 Å². The van der Waals surface area contributed by atoms with Crippen LogP contribution >= 0.6 is 0 Å². The third-order valence-corrected chi connectivity index (χ3v) is 2.87. The second kappa shape index (κ2) is 4.46. The number of carbonyl (C=O) groups is 1. The summed E-state index contributed by atoms with van der Waals surface area (Å²) in [5.41, 5.74) is 1.83. The van der Waals surface area contributed by atoms with E-state index in [9.17, 15) is 4.79 Å². The fourth-order valence-corrected chi connectivity index (χ4v) is 1.91. The molecule has 0 radical (unpaired) electrons. The number of carbonyl (C=O) groups excluding carboxylic acids is 1. The van der Waals surface area contributed by atoms with Gasteiger partial charge >= 0.3 is 0 Å². The van der Waals surface area contributed by atoms with E-state index in [1.54, 1.807) is 6.92 Å². The molecule has 88 valence electrons. The van der Waals surface area contributed by atoms with Gasteiger partial charge in [0.1, 0.15) is 12.3 Å². The number of anilines is 1. The highest BCUT2D eigenvalue weighted by Gasteiger charge is 2.31. The van der Waals surface area contributed by atoms with Crippen LogP contribution in [-0.4, -0.2) is 18.6 Å². The van der Waals surface area contributed by atoms with Gasteiger partial charge in [-0.15, -0.1) is 0 Å². The number of benzene rings is 1. The molecule has 0 aliphatic carbocycles. The summed E-state index contributed by atoms with van der Waals surface area (Å²) in [5, 5.41) is 8.79. The maximum Gasteiger partial charge on any atom is 0.268 e. The van der Waals surface area contributed by atoms with Crippen molar-refractivity contribution >= 4 is 11.6 Å². The SMILES string of the molecule is CCc1ccc2c(c1)N(CC#N)C(=O)C(C)O2. The van der Waals surface area contributed by atoms with Gasteiger partial charge in [-0.3, -0.25) is 9.69 Å². The lowest BCUT2D eigenvalue weighted by atomic mass is 10.1. The van der Waals surface area contributed by atoms with E-state index >= 15 is 0 Å². The Balaban J connectivity index is 2.48. The Morgan fingerprint density at radius 3 is 2.94 bits per heavy atom. The summed E-state index contributed by atoms with van der Waals surface area (Å²) < 4.78 is 5.52. The fourth-order valence-electron chi connectivity index (χ4n) is 1.91. The standard InChI is InChI=1S/C13H14N2O2/c1-3-10-4-5-12-11(8-10)15(7-6-14)13(16)9(2)17-12/h4-5,8-9H,3,7H2,1-2H3. The van der Waals surface area contributed by atoms with Gasteiger partial charge in [-0.05, 0) is 31.0 Å². The van der Waals surface area contributed by atoms with E-state index in [-0.39, 0.29) is 12.5 Å². The minimum absolute atomic E-state index is 0.0622. The highest BCUT2D eigenvalue weighted by molar-refractivity contribution is 6.00. The van der Waals surface area contributed by atoms with Gasteiger partial charge in [-0.1, -0.05) is 13.0 Å². The van der Waals surface area contributed by atoms with Crippen LogP contribution in [0.2, 0.25) is 0 Å². The van der Waals surface area contributed by atoms with Gasteiger partial charge in [-0.2, -0.15) is 5.26 Å². The molecular weight excluding hydrogens is 216 g/mol. The summed E-state index contributed by atoms with van der Waals surface area (Å²) >= 11 is 0. The number of fused-ring (bicyclic) bond motifs is 1. The number of amides is 1. The average Bonchev–Trinajstić information content (AvgIpc) is 2.34.